The third-order valence-electron chi connectivity index (χ3n) is 8.80. The molecule has 2 bridgehead atoms. The van der Waals surface area contributed by atoms with Gasteiger partial charge in [-0.3, -0.25) is 28.8 Å². The maximum absolute atomic E-state index is 13.4. The molecule has 1 unspecified atom stereocenters. The lowest BCUT2D eigenvalue weighted by atomic mass is 9.68. The molecule has 3 aliphatic carbocycles. The number of fused-ring (bicyclic) bond motifs is 4. The molecule has 232 valence electrons. The van der Waals surface area contributed by atoms with E-state index in [0.717, 1.165) is 24.6 Å². The van der Waals surface area contributed by atoms with Crippen molar-refractivity contribution in [3.63, 3.8) is 0 Å². The average Bonchev–Trinajstić information content (AvgIpc) is 3.37. The number of para-hydroxylation sites is 1. The summed E-state index contributed by atoms with van der Waals surface area (Å²) in [7, 11) is 1.32. The molecule has 0 radical (unpaired) electrons. The van der Waals surface area contributed by atoms with Gasteiger partial charge in [0.2, 0.25) is 17.6 Å². The van der Waals surface area contributed by atoms with E-state index in [4.69, 9.17) is 4.42 Å². The molecule has 0 saturated heterocycles. The molecule has 4 N–H and O–H groups in total. The molecule has 2 atom stereocenters. The minimum atomic E-state index is -1.29. The zero-order valence-electron chi connectivity index (χ0n) is 24.8. The zero-order chi connectivity index (χ0) is 31.4. The van der Waals surface area contributed by atoms with Gasteiger partial charge < -0.3 is 30.3 Å². The summed E-state index contributed by atoms with van der Waals surface area (Å²) in [5.41, 5.74) is 0.374. The number of likely N-dealkylation sites (N-methyl/N-ethyl adjacent to an activating group) is 1. The zero-order valence-corrected chi connectivity index (χ0v) is 24.8. The number of amides is 4. The second-order valence-electron chi connectivity index (χ2n) is 11.7. The van der Waals surface area contributed by atoms with Crippen molar-refractivity contribution in [2.45, 2.75) is 70.5 Å². The first kappa shape index (κ1) is 30.7. The number of nitrogens with zero attached hydrogens (tertiary/aromatic N) is 1. The van der Waals surface area contributed by atoms with Crippen molar-refractivity contribution in [1.29, 1.82) is 0 Å². The fourth-order valence-electron chi connectivity index (χ4n) is 6.35. The van der Waals surface area contributed by atoms with Crippen LogP contribution in [-0.4, -0.2) is 53.1 Å². The molecular weight excluding hydrogens is 566 g/mol. The molecule has 1 aromatic carbocycles. The molecule has 44 heavy (non-hydrogen) atoms. The number of aromatic nitrogens is 1. The number of rotatable bonds is 11. The molecule has 3 saturated carbocycles. The molecule has 2 heterocycles. The van der Waals surface area contributed by atoms with Crippen LogP contribution in [0.4, 0.5) is 5.69 Å². The Morgan fingerprint density at radius 1 is 1.02 bits per heavy atom. The molecule has 0 spiro atoms. The van der Waals surface area contributed by atoms with E-state index in [9.17, 15) is 28.8 Å². The number of Topliss-reactive ketones (excluding diaryl/α,β-unsaturated/α-hetero) is 1. The molecule has 0 aliphatic heterocycles. The lowest BCUT2D eigenvalue weighted by Crippen LogP contribution is -2.48. The van der Waals surface area contributed by atoms with Crippen molar-refractivity contribution >= 4 is 46.1 Å². The van der Waals surface area contributed by atoms with Gasteiger partial charge in [-0.15, -0.1) is 0 Å². The Morgan fingerprint density at radius 3 is 2.45 bits per heavy atom. The molecule has 2 aromatic heterocycles. The van der Waals surface area contributed by atoms with Crippen molar-refractivity contribution in [3.8, 4) is 0 Å². The van der Waals surface area contributed by atoms with Gasteiger partial charge in [-0.05, 0) is 62.6 Å². The highest BCUT2D eigenvalue weighted by atomic mass is 16.3. The van der Waals surface area contributed by atoms with Gasteiger partial charge in [0.05, 0.1) is 0 Å². The van der Waals surface area contributed by atoms with Crippen molar-refractivity contribution in [2.24, 2.45) is 11.8 Å². The van der Waals surface area contributed by atoms with Gasteiger partial charge in [0, 0.05) is 36.7 Å². The van der Waals surface area contributed by atoms with E-state index < -0.39 is 35.1 Å². The number of ketones is 1. The molecular formula is C32H37N5O7. The summed E-state index contributed by atoms with van der Waals surface area (Å²) in [6.45, 7) is 1.51. The number of furan rings is 1. The lowest BCUT2D eigenvalue weighted by Gasteiger charge is -2.42. The van der Waals surface area contributed by atoms with Crippen LogP contribution < -0.4 is 26.8 Å². The molecule has 3 fully saturated rings. The summed E-state index contributed by atoms with van der Waals surface area (Å²) in [5, 5.41) is 11.2. The number of carbonyl (C=O) groups excluding carboxylic acids is 5. The van der Waals surface area contributed by atoms with E-state index in [-0.39, 0.29) is 42.8 Å². The summed E-state index contributed by atoms with van der Waals surface area (Å²) in [6.07, 6.45) is 6.52. The predicted octanol–water partition coefficient (Wildman–Crippen LogP) is 2.43. The normalized spacial score (nSPS) is 19.6. The van der Waals surface area contributed by atoms with E-state index in [1.165, 1.54) is 42.8 Å². The number of aryl methyl sites for hydroxylation is 1. The van der Waals surface area contributed by atoms with Crippen LogP contribution in [0.2, 0.25) is 0 Å². The number of hydrogen-bond acceptors (Lipinski definition) is 7. The highest BCUT2D eigenvalue weighted by Gasteiger charge is 2.36. The molecule has 12 heteroatoms. The van der Waals surface area contributed by atoms with Crippen LogP contribution in [0.1, 0.15) is 61.1 Å². The van der Waals surface area contributed by atoms with Crippen LogP contribution in [0.3, 0.4) is 0 Å². The Balaban J connectivity index is 1.29. The minimum absolute atomic E-state index is 0.000828. The standard InChI is InChI=1S/C32H37N5O7/c1-18-21-6-3-4-8-26(21)44-28(18)31(42)35-22(13-14-25(38)30(41)33-2)29(40)36-23-7-5-15-37(32(23)43)17-27(39)34-24-16-19-9-11-20(24)12-10-19/h3-8,15,19-20,22,24H,9-14,16-17H2,1-2H3,(H,33,41)(H,34,39)(H,35,42)(H,36,40)/t19?,20?,22-,24?/m0/s1. The Labute approximate surface area is 253 Å². The Hall–Kier alpha value is -4.74. The third kappa shape index (κ3) is 6.74. The van der Waals surface area contributed by atoms with E-state index in [1.54, 1.807) is 25.1 Å². The summed E-state index contributed by atoms with van der Waals surface area (Å²) >= 11 is 0. The van der Waals surface area contributed by atoms with Gasteiger partial charge in [-0.1, -0.05) is 31.0 Å². The number of pyridine rings is 1. The van der Waals surface area contributed by atoms with Crippen molar-refractivity contribution in [2.75, 3.05) is 12.4 Å². The van der Waals surface area contributed by atoms with Gasteiger partial charge in [0.15, 0.2) is 5.76 Å². The van der Waals surface area contributed by atoms with Gasteiger partial charge in [0.25, 0.3) is 17.4 Å². The Bertz CT molecular complexity index is 1650. The minimum Gasteiger partial charge on any atom is -0.451 e. The van der Waals surface area contributed by atoms with E-state index in [0.29, 0.717) is 23.0 Å². The van der Waals surface area contributed by atoms with Crippen LogP contribution >= 0.6 is 0 Å². The first-order chi connectivity index (χ1) is 21.1. The molecule has 3 aromatic rings. The molecule has 4 amide bonds. The van der Waals surface area contributed by atoms with Crippen LogP contribution in [0.25, 0.3) is 11.0 Å². The maximum atomic E-state index is 13.4. The maximum Gasteiger partial charge on any atom is 0.287 e. The highest BCUT2D eigenvalue weighted by Crippen LogP contribution is 2.41. The Morgan fingerprint density at radius 2 is 1.77 bits per heavy atom. The highest BCUT2D eigenvalue weighted by molar-refractivity contribution is 6.36. The first-order valence-corrected chi connectivity index (χ1v) is 15.0. The number of carbonyl (C=O) groups is 5. The second-order valence-corrected chi connectivity index (χ2v) is 11.7. The largest absolute Gasteiger partial charge is 0.451 e. The summed E-state index contributed by atoms with van der Waals surface area (Å²) in [6, 6.07) is 8.85. The quantitative estimate of drug-likeness (QED) is 0.244. The van der Waals surface area contributed by atoms with E-state index in [2.05, 4.69) is 21.3 Å². The average molecular weight is 604 g/mol. The van der Waals surface area contributed by atoms with Crippen molar-refractivity contribution in [3.05, 3.63) is 64.3 Å². The summed E-state index contributed by atoms with van der Waals surface area (Å²) in [5.74, 6) is -2.21. The van der Waals surface area contributed by atoms with Gasteiger partial charge in [0.1, 0.15) is 23.9 Å². The van der Waals surface area contributed by atoms with Gasteiger partial charge >= 0.3 is 0 Å². The summed E-state index contributed by atoms with van der Waals surface area (Å²) in [4.78, 5) is 76.7. The fourth-order valence-corrected chi connectivity index (χ4v) is 6.35. The van der Waals surface area contributed by atoms with Crippen LogP contribution in [0.15, 0.2) is 51.8 Å². The van der Waals surface area contributed by atoms with Crippen molar-refractivity contribution < 1.29 is 28.4 Å². The van der Waals surface area contributed by atoms with Crippen LogP contribution in [0.5, 0.6) is 0 Å². The first-order valence-electron chi connectivity index (χ1n) is 15.0. The van der Waals surface area contributed by atoms with Crippen LogP contribution in [0, 0.1) is 18.8 Å². The Kier molecular flexibility index (Phi) is 9.26. The third-order valence-corrected chi connectivity index (χ3v) is 8.80. The number of benzene rings is 1. The number of hydrogen-bond donors (Lipinski definition) is 4. The summed E-state index contributed by atoms with van der Waals surface area (Å²) < 4.78 is 6.93. The fraction of sp³-hybridized carbons (Fsp3) is 0.438. The SMILES string of the molecule is CNC(=O)C(=O)CC[C@H](NC(=O)c1oc2ccccc2c1C)C(=O)Nc1cccn(CC(=O)NC2CC3CCC2CC3)c1=O. The van der Waals surface area contributed by atoms with Crippen molar-refractivity contribution in [1.82, 2.24) is 20.5 Å². The van der Waals surface area contributed by atoms with Gasteiger partial charge in [-0.25, -0.2) is 0 Å². The number of anilines is 1. The molecule has 3 aliphatic rings. The van der Waals surface area contributed by atoms with E-state index >= 15 is 0 Å². The smallest absolute Gasteiger partial charge is 0.287 e. The monoisotopic (exact) mass is 603 g/mol. The molecule has 6 rings (SSSR count). The topological polar surface area (TPSA) is 169 Å². The predicted molar refractivity (Wildman–Crippen MR) is 162 cm³/mol. The molecule has 12 nitrogen and oxygen atoms in total. The lowest BCUT2D eigenvalue weighted by molar-refractivity contribution is -0.137. The van der Waals surface area contributed by atoms with Crippen LogP contribution in [-0.2, 0) is 25.7 Å². The van der Waals surface area contributed by atoms with Gasteiger partial charge in [-0.2, -0.15) is 0 Å². The number of nitrogens with one attached hydrogen (secondary N) is 4. The second kappa shape index (κ2) is 13.3. The van der Waals surface area contributed by atoms with E-state index in [1.807, 2.05) is 6.07 Å².